The lowest BCUT2D eigenvalue weighted by molar-refractivity contribution is 0.193. The standard InChI is InChI=1S/C15H22N4S.ClH/c1-18(13-5-7-16-8-6-13)11-14-3-4-15(20-14)12-9-17-19(2)10-12;/h3-4,9-10,13,16H,5-8,11H2,1-2H3;1H. The van der Waals surface area contributed by atoms with Crippen LogP contribution in [0.1, 0.15) is 17.7 Å². The summed E-state index contributed by atoms with van der Waals surface area (Å²) in [5, 5.41) is 7.67. The van der Waals surface area contributed by atoms with Crippen molar-refractivity contribution in [3.63, 3.8) is 0 Å². The molecule has 2 aromatic heterocycles. The van der Waals surface area contributed by atoms with Crippen molar-refractivity contribution in [2.24, 2.45) is 7.05 Å². The van der Waals surface area contributed by atoms with Gasteiger partial charge in [0, 0.05) is 41.1 Å². The maximum atomic E-state index is 4.24. The molecule has 1 N–H and O–H groups in total. The van der Waals surface area contributed by atoms with Gasteiger partial charge in [0.1, 0.15) is 0 Å². The minimum atomic E-state index is 0. The van der Waals surface area contributed by atoms with E-state index in [1.54, 1.807) is 0 Å². The molecule has 0 aliphatic carbocycles. The number of thiophene rings is 1. The van der Waals surface area contributed by atoms with Gasteiger partial charge in [0.05, 0.1) is 6.20 Å². The predicted octanol–water partition coefficient (Wildman–Crippen LogP) is 2.75. The van der Waals surface area contributed by atoms with Gasteiger partial charge in [-0.1, -0.05) is 0 Å². The molecule has 2 aromatic rings. The van der Waals surface area contributed by atoms with Crippen molar-refractivity contribution >= 4 is 23.7 Å². The molecule has 0 aromatic carbocycles. The van der Waals surface area contributed by atoms with Gasteiger partial charge in [0.25, 0.3) is 0 Å². The van der Waals surface area contributed by atoms with Gasteiger partial charge in [-0.2, -0.15) is 5.10 Å². The van der Waals surface area contributed by atoms with Crippen LogP contribution in [0.4, 0.5) is 0 Å². The number of rotatable bonds is 4. The van der Waals surface area contributed by atoms with Gasteiger partial charge in [-0.15, -0.1) is 23.7 Å². The first-order chi connectivity index (χ1) is 9.72. The predicted molar refractivity (Wildman–Crippen MR) is 91.1 cm³/mol. The highest BCUT2D eigenvalue weighted by atomic mass is 35.5. The third-order valence-electron chi connectivity index (χ3n) is 3.99. The molecule has 1 aliphatic heterocycles. The summed E-state index contributed by atoms with van der Waals surface area (Å²) >= 11 is 1.88. The van der Waals surface area contributed by atoms with Crippen molar-refractivity contribution in [3.8, 4) is 10.4 Å². The molecule has 0 bridgehead atoms. The Bertz CT molecular complexity index is 560. The number of piperidine rings is 1. The average molecular weight is 327 g/mol. The zero-order chi connectivity index (χ0) is 13.9. The van der Waals surface area contributed by atoms with E-state index in [2.05, 4.69) is 40.7 Å². The van der Waals surface area contributed by atoms with E-state index in [4.69, 9.17) is 0 Å². The fourth-order valence-corrected chi connectivity index (χ4v) is 3.83. The third-order valence-corrected chi connectivity index (χ3v) is 5.11. The Hall–Kier alpha value is -0.880. The molecule has 1 fully saturated rings. The average Bonchev–Trinajstić information content (AvgIpc) is 3.09. The maximum Gasteiger partial charge on any atom is 0.0576 e. The van der Waals surface area contributed by atoms with E-state index in [1.807, 2.05) is 29.3 Å². The minimum absolute atomic E-state index is 0. The molecule has 0 atom stereocenters. The zero-order valence-corrected chi connectivity index (χ0v) is 14.2. The van der Waals surface area contributed by atoms with Crippen LogP contribution in [-0.4, -0.2) is 40.9 Å². The molecule has 0 saturated carbocycles. The Morgan fingerprint density at radius 3 is 2.81 bits per heavy atom. The molecule has 3 rings (SSSR count). The van der Waals surface area contributed by atoms with E-state index >= 15 is 0 Å². The molecule has 21 heavy (non-hydrogen) atoms. The molecule has 4 nitrogen and oxygen atoms in total. The molecular weight excluding hydrogens is 304 g/mol. The number of hydrogen-bond donors (Lipinski definition) is 1. The number of aromatic nitrogens is 2. The van der Waals surface area contributed by atoms with E-state index in [-0.39, 0.29) is 12.4 Å². The zero-order valence-electron chi connectivity index (χ0n) is 12.6. The first-order valence-corrected chi connectivity index (χ1v) is 8.03. The number of nitrogens with zero attached hydrogens (tertiary/aromatic N) is 3. The van der Waals surface area contributed by atoms with E-state index in [0.29, 0.717) is 0 Å². The Morgan fingerprint density at radius 1 is 1.38 bits per heavy atom. The largest absolute Gasteiger partial charge is 0.317 e. The normalized spacial score (nSPS) is 16.1. The molecule has 3 heterocycles. The highest BCUT2D eigenvalue weighted by molar-refractivity contribution is 7.15. The lowest BCUT2D eigenvalue weighted by atomic mass is 10.1. The fraction of sp³-hybridized carbons (Fsp3) is 0.533. The van der Waals surface area contributed by atoms with Crippen LogP contribution < -0.4 is 5.32 Å². The van der Waals surface area contributed by atoms with Crippen molar-refractivity contribution in [3.05, 3.63) is 29.4 Å². The Balaban J connectivity index is 0.00000161. The molecule has 6 heteroatoms. The topological polar surface area (TPSA) is 33.1 Å². The van der Waals surface area contributed by atoms with Crippen LogP contribution in [0.5, 0.6) is 0 Å². The number of halogens is 1. The summed E-state index contributed by atoms with van der Waals surface area (Å²) in [4.78, 5) is 5.25. The summed E-state index contributed by atoms with van der Waals surface area (Å²) in [7, 11) is 4.21. The third kappa shape index (κ3) is 4.07. The number of hydrogen-bond acceptors (Lipinski definition) is 4. The van der Waals surface area contributed by atoms with Crippen LogP contribution in [-0.2, 0) is 13.6 Å². The quantitative estimate of drug-likeness (QED) is 0.938. The first-order valence-electron chi connectivity index (χ1n) is 7.21. The second-order valence-corrected chi connectivity index (χ2v) is 6.73. The van der Waals surface area contributed by atoms with E-state index in [0.717, 1.165) is 25.7 Å². The Kier molecular flexibility index (Phi) is 5.81. The van der Waals surface area contributed by atoms with Gasteiger partial charge >= 0.3 is 0 Å². The lowest BCUT2D eigenvalue weighted by Gasteiger charge is -2.31. The Morgan fingerprint density at radius 2 is 2.14 bits per heavy atom. The van der Waals surface area contributed by atoms with Crippen molar-refractivity contribution in [1.29, 1.82) is 0 Å². The summed E-state index contributed by atoms with van der Waals surface area (Å²) in [5.41, 5.74) is 1.22. The SMILES string of the molecule is CN(Cc1ccc(-c2cnn(C)c2)s1)C1CCNCC1.Cl. The van der Waals surface area contributed by atoms with Gasteiger partial charge in [0.15, 0.2) is 0 Å². The van der Waals surface area contributed by atoms with E-state index in [9.17, 15) is 0 Å². The molecule has 1 saturated heterocycles. The molecule has 116 valence electrons. The van der Waals surface area contributed by atoms with Crippen LogP contribution in [0.2, 0.25) is 0 Å². The van der Waals surface area contributed by atoms with Gasteiger partial charge in [0.2, 0.25) is 0 Å². The van der Waals surface area contributed by atoms with Crippen molar-refractivity contribution in [2.45, 2.75) is 25.4 Å². The van der Waals surface area contributed by atoms with Crippen LogP contribution in [0.25, 0.3) is 10.4 Å². The van der Waals surface area contributed by atoms with Gasteiger partial charge in [-0.25, -0.2) is 0 Å². The van der Waals surface area contributed by atoms with E-state index < -0.39 is 0 Å². The second kappa shape index (κ2) is 7.40. The first kappa shape index (κ1) is 16.5. The van der Waals surface area contributed by atoms with Gasteiger partial charge < -0.3 is 5.32 Å². The highest BCUT2D eigenvalue weighted by Crippen LogP contribution is 2.28. The van der Waals surface area contributed by atoms with Crippen LogP contribution in [0, 0.1) is 0 Å². The van der Waals surface area contributed by atoms with Crippen molar-refractivity contribution in [1.82, 2.24) is 20.0 Å². The highest BCUT2D eigenvalue weighted by Gasteiger charge is 2.18. The second-order valence-electron chi connectivity index (χ2n) is 5.56. The summed E-state index contributed by atoms with van der Waals surface area (Å²) < 4.78 is 1.86. The number of aryl methyl sites for hydroxylation is 1. The minimum Gasteiger partial charge on any atom is -0.317 e. The van der Waals surface area contributed by atoms with Crippen LogP contribution in [0.3, 0.4) is 0 Å². The van der Waals surface area contributed by atoms with Crippen molar-refractivity contribution < 1.29 is 0 Å². The molecule has 0 amide bonds. The number of nitrogens with one attached hydrogen (secondary N) is 1. The summed E-state index contributed by atoms with van der Waals surface area (Å²) in [5.74, 6) is 0. The monoisotopic (exact) mass is 326 g/mol. The van der Waals surface area contributed by atoms with Crippen LogP contribution in [0.15, 0.2) is 24.5 Å². The molecule has 0 radical (unpaired) electrons. The lowest BCUT2D eigenvalue weighted by Crippen LogP contribution is -2.40. The molecule has 0 unspecified atom stereocenters. The summed E-state index contributed by atoms with van der Waals surface area (Å²) in [6.07, 6.45) is 6.53. The van der Waals surface area contributed by atoms with Gasteiger partial charge in [-0.05, 0) is 45.1 Å². The fourth-order valence-electron chi connectivity index (χ4n) is 2.79. The van der Waals surface area contributed by atoms with E-state index in [1.165, 1.54) is 28.2 Å². The molecule has 0 spiro atoms. The maximum absolute atomic E-state index is 4.24. The smallest absolute Gasteiger partial charge is 0.0576 e. The van der Waals surface area contributed by atoms with Crippen molar-refractivity contribution in [2.75, 3.05) is 20.1 Å². The summed E-state index contributed by atoms with van der Waals surface area (Å²) in [6, 6.07) is 5.19. The summed E-state index contributed by atoms with van der Waals surface area (Å²) in [6.45, 7) is 3.36. The molecule has 1 aliphatic rings. The van der Waals surface area contributed by atoms with Gasteiger partial charge in [-0.3, -0.25) is 9.58 Å². The molecular formula is C15H23ClN4S. The Labute approximate surface area is 136 Å². The van der Waals surface area contributed by atoms with Crippen LogP contribution >= 0.6 is 23.7 Å².